The van der Waals surface area contributed by atoms with Crippen LogP contribution in [0.25, 0.3) is 0 Å². The van der Waals surface area contributed by atoms with E-state index in [0.717, 1.165) is 38.5 Å². The zero-order valence-corrected chi connectivity index (χ0v) is 26.8. The molecule has 1 unspecified atom stereocenters. The first-order valence-corrected chi connectivity index (χ1v) is 17.6. The van der Waals surface area contributed by atoms with Crippen LogP contribution in [0.5, 0.6) is 0 Å². The van der Waals surface area contributed by atoms with Crippen molar-refractivity contribution in [3.8, 4) is 0 Å². The van der Waals surface area contributed by atoms with Gasteiger partial charge in [-0.2, -0.15) is 0 Å². The van der Waals surface area contributed by atoms with Gasteiger partial charge in [0.2, 0.25) is 11.8 Å². The zero-order chi connectivity index (χ0) is 28.8. The summed E-state index contributed by atoms with van der Waals surface area (Å²) in [6, 6.07) is 0. The van der Waals surface area contributed by atoms with Crippen molar-refractivity contribution in [2.45, 2.75) is 213 Å². The molecule has 0 bridgehead atoms. The monoisotopic (exact) mass is 552 g/mol. The van der Waals surface area contributed by atoms with Gasteiger partial charge in [0.15, 0.2) is 0 Å². The van der Waals surface area contributed by atoms with Crippen LogP contribution in [0.1, 0.15) is 207 Å². The Morgan fingerprint density at radius 1 is 0.436 bits per heavy atom. The Morgan fingerprint density at radius 2 is 0.667 bits per heavy atom. The highest BCUT2D eigenvalue weighted by atomic mass is 16.3. The standard InChI is InChI=1S/C35H69NO3/c1-4-7-9-11-13-15-17-19-21-23-25-27-29-31-34(38)36(33(37)6-3)35(39)32-30-28-26-24-22-20-18-16-14-12-10-8-5-2/h33,37H,4-32H2,1-3H3. The third-order valence-electron chi connectivity index (χ3n) is 8.19. The van der Waals surface area contributed by atoms with E-state index in [-0.39, 0.29) is 11.8 Å². The van der Waals surface area contributed by atoms with Crippen molar-refractivity contribution in [2.24, 2.45) is 0 Å². The van der Waals surface area contributed by atoms with Crippen molar-refractivity contribution in [3.63, 3.8) is 0 Å². The lowest BCUT2D eigenvalue weighted by Crippen LogP contribution is -2.44. The first kappa shape index (κ1) is 38.1. The number of unbranched alkanes of at least 4 members (excludes halogenated alkanes) is 24. The Balaban J connectivity index is 3.83. The van der Waals surface area contributed by atoms with Crippen molar-refractivity contribution in [1.82, 2.24) is 4.90 Å². The molecular formula is C35H69NO3. The van der Waals surface area contributed by atoms with Crippen molar-refractivity contribution in [3.05, 3.63) is 0 Å². The van der Waals surface area contributed by atoms with E-state index in [9.17, 15) is 14.7 Å². The van der Waals surface area contributed by atoms with Gasteiger partial charge in [-0.05, 0) is 19.3 Å². The van der Waals surface area contributed by atoms with Crippen molar-refractivity contribution < 1.29 is 14.7 Å². The minimum Gasteiger partial charge on any atom is -0.373 e. The predicted octanol–water partition coefficient (Wildman–Crippen LogP) is 11.0. The van der Waals surface area contributed by atoms with Gasteiger partial charge < -0.3 is 5.11 Å². The van der Waals surface area contributed by atoms with Crippen LogP contribution in [0.4, 0.5) is 0 Å². The van der Waals surface area contributed by atoms with E-state index in [1.54, 1.807) is 0 Å². The molecule has 0 radical (unpaired) electrons. The van der Waals surface area contributed by atoms with E-state index in [1.165, 1.54) is 133 Å². The second-order valence-corrected chi connectivity index (χ2v) is 12.0. The van der Waals surface area contributed by atoms with Crippen LogP contribution in [0.15, 0.2) is 0 Å². The van der Waals surface area contributed by atoms with Gasteiger partial charge in [0.05, 0.1) is 0 Å². The van der Waals surface area contributed by atoms with E-state index in [1.807, 2.05) is 6.92 Å². The summed E-state index contributed by atoms with van der Waals surface area (Å²) in [7, 11) is 0. The molecular weight excluding hydrogens is 482 g/mol. The van der Waals surface area contributed by atoms with Crippen molar-refractivity contribution in [1.29, 1.82) is 0 Å². The topological polar surface area (TPSA) is 57.6 Å². The van der Waals surface area contributed by atoms with Crippen molar-refractivity contribution >= 4 is 11.8 Å². The lowest BCUT2D eigenvalue weighted by molar-refractivity contribution is -0.156. The second kappa shape index (κ2) is 30.1. The number of hydrogen-bond acceptors (Lipinski definition) is 3. The van der Waals surface area contributed by atoms with Crippen LogP contribution in [-0.4, -0.2) is 28.0 Å². The third-order valence-corrected chi connectivity index (χ3v) is 8.19. The number of aliphatic hydroxyl groups is 1. The molecule has 4 heteroatoms. The van der Waals surface area contributed by atoms with E-state index in [2.05, 4.69) is 13.8 Å². The van der Waals surface area contributed by atoms with E-state index in [0.29, 0.717) is 19.3 Å². The van der Waals surface area contributed by atoms with Gasteiger partial charge >= 0.3 is 0 Å². The molecule has 4 nitrogen and oxygen atoms in total. The molecule has 0 rings (SSSR count). The number of nitrogens with zero attached hydrogens (tertiary/aromatic N) is 1. The molecule has 0 aliphatic rings. The minimum atomic E-state index is -0.978. The Kier molecular flexibility index (Phi) is 29.4. The first-order valence-electron chi connectivity index (χ1n) is 17.6. The molecule has 0 saturated carbocycles. The quantitative estimate of drug-likeness (QED) is 0.0713. The fraction of sp³-hybridized carbons (Fsp3) is 0.943. The van der Waals surface area contributed by atoms with Crippen LogP contribution < -0.4 is 0 Å². The summed E-state index contributed by atoms with van der Waals surface area (Å²) < 4.78 is 0. The molecule has 1 N–H and O–H groups in total. The van der Waals surface area contributed by atoms with Gasteiger partial charge in [0, 0.05) is 12.8 Å². The number of rotatable bonds is 30. The summed E-state index contributed by atoms with van der Waals surface area (Å²) in [6.07, 6.45) is 33.1. The van der Waals surface area contributed by atoms with Crippen molar-refractivity contribution in [2.75, 3.05) is 0 Å². The molecule has 2 amide bonds. The lowest BCUT2D eigenvalue weighted by atomic mass is 10.0. The predicted molar refractivity (Wildman–Crippen MR) is 169 cm³/mol. The molecule has 39 heavy (non-hydrogen) atoms. The summed E-state index contributed by atoms with van der Waals surface area (Å²) in [6.45, 7) is 6.36. The largest absolute Gasteiger partial charge is 0.373 e. The van der Waals surface area contributed by atoms with E-state index >= 15 is 0 Å². The average molecular weight is 552 g/mol. The summed E-state index contributed by atoms with van der Waals surface area (Å²) in [5, 5.41) is 10.4. The fourth-order valence-electron chi connectivity index (χ4n) is 5.48. The fourth-order valence-corrected chi connectivity index (χ4v) is 5.48. The summed E-state index contributed by atoms with van der Waals surface area (Å²) in [4.78, 5) is 26.7. The molecule has 0 aromatic heterocycles. The average Bonchev–Trinajstić information content (AvgIpc) is 2.93. The number of carbonyl (C=O) groups is 2. The summed E-state index contributed by atoms with van der Waals surface area (Å²) >= 11 is 0. The number of carbonyl (C=O) groups excluding carboxylic acids is 2. The molecule has 0 heterocycles. The minimum absolute atomic E-state index is 0.188. The van der Waals surface area contributed by atoms with Crippen LogP contribution >= 0.6 is 0 Å². The van der Waals surface area contributed by atoms with Gasteiger partial charge in [-0.15, -0.1) is 0 Å². The molecule has 232 valence electrons. The lowest BCUT2D eigenvalue weighted by Gasteiger charge is -2.25. The van der Waals surface area contributed by atoms with Gasteiger partial charge in [-0.25, -0.2) is 0 Å². The van der Waals surface area contributed by atoms with Gasteiger partial charge in [0.25, 0.3) is 0 Å². The molecule has 0 aromatic rings. The Morgan fingerprint density at radius 3 is 0.897 bits per heavy atom. The SMILES string of the molecule is CCCCCCCCCCCCCCCC(=O)N(C(=O)CCCCCCCCCCCCCCC)C(O)CC. The Bertz CT molecular complexity index is 494. The van der Waals surface area contributed by atoms with Gasteiger partial charge in [-0.3, -0.25) is 14.5 Å². The molecule has 0 fully saturated rings. The number of amides is 2. The number of imide groups is 1. The van der Waals surface area contributed by atoms with Gasteiger partial charge in [0.1, 0.15) is 6.23 Å². The van der Waals surface area contributed by atoms with Crippen LogP contribution in [0.3, 0.4) is 0 Å². The molecule has 1 atom stereocenters. The maximum absolute atomic E-state index is 12.8. The highest BCUT2D eigenvalue weighted by Gasteiger charge is 2.26. The van der Waals surface area contributed by atoms with Crippen LogP contribution in [0, 0.1) is 0 Å². The van der Waals surface area contributed by atoms with E-state index < -0.39 is 6.23 Å². The normalized spacial score (nSPS) is 12.1. The highest BCUT2D eigenvalue weighted by Crippen LogP contribution is 2.17. The molecule has 0 saturated heterocycles. The van der Waals surface area contributed by atoms with E-state index in [4.69, 9.17) is 0 Å². The smallest absolute Gasteiger partial charge is 0.231 e. The molecule has 0 aliphatic carbocycles. The zero-order valence-electron chi connectivity index (χ0n) is 26.8. The molecule has 0 aromatic carbocycles. The van der Waals surface area contributed by atoms with Gasteiger partial charge in [-0.1, -0.05) is 175 Å². The summed E-state index contributed by atoms with van der Waals surface area (Å²) in [5.74, 6) is -0.376. The number of hydrogen-bond donors (Lipinski definition) is 1. The van der Waals surface area contributed by atoms with Crippen LogP contribution in [0.2, 0.25) is 0 Å². The first-order chi connectivity index (χ1) is 19.1. The maximum atomic E-state index is 12.8. The molecule has 0 spiro atoms. The third kappa shape index (κ3) is 24.6. The highest BCUT2D eigenvalue weighted by molar-refractivity contribution is 5.95. The molecule has 0 aliphatic heterocycles. The maximum Gasteiger partial charge on any atom is 0.231 e. The summed E-state index contributed by atoms with van der Waals surface area (Å²) in [5.41, 5.74) is 0. The van der Waals surface area contributed by atoms with Crippen LogP contribution in [-0.2, 0) is 9.59 Å². The number of aliphatic hydroxyl groups excluding tert-OH is 1. The Labute approximate surface area is 244 Å². The Hall–Kier alpha value is -0.900. The second-order valence-electron chi connectivity index (χ2n) is 12.0.